The minimum atomic E-state index is -0.545. The van der Waals surface area contributed by atoms with Gasteiger partial charge in [-0.05, 0) is 24.1 Å². The third kappa shape index (κ3) is 2.56. The SMILES string of the molecule is Cc1ccccc1[C@H]1C=C2Nc3ncnn3[C@@H](c3ccccc3F)[C@@H]2C(=O)C1. The number of hydrogen-bond acceptors (Lipinski definition) is 4. The standard InChI is InChI=1S/C22H19FN4O/c1-13-6-2-3-7-15(13)14-10-18-20(19(28)11-14)21(16-8-4-5-9-17(16)23)27-22(26-18)24-12-25-27/h2-10,12,14,20-21H,11H2,1H3,(H,24,25,26)/t14-,20-,21-/m0/s1. The second-order valence-corrected chi connectivity index (χ2v) is 7.35. The van der Waals surface area contributed by atoms with Crippen molar-refractivity contribution in [2.45, 2.75) is 25.3 Å². The maximum Gasteiger partial charge on any atom is 0.226 e. The van der Waals surface area contributed by atoms with Crippen molar-refractivity contribution in [3.05, 3.63) is 89.1 Å². The van der Waals surface area contributed by atoms with E-state index in [2.05, 4.69) is 40.5 Å². The number of benzene rings is 2. The van der Waals surface area contributed by atoms with E-state index in [0.717, 1.165) is 16.8 Å². The van der Waals surface area contributed by atoms with Crippen LogP contribution in [0.1, 0.15) is 35.1 Å². The summed E-state index contributed by atoms with van der Waals surface area (Å²) in [5.74, 6) is -0.264. The minimum absolute atomic E-state index is 0.0109. The van der Waals surface area contributed by atoms with Crippen LogP contribution in [0.4, 0.5) is 10.3 Å². The number of fused-ring (bicyclic) bond motifs is 2. The van der Waals surface area contributed by atoms with Crippen LogP contribution in [-0.4, -0.2) is 20.5 Å². The number of nitrogens with zero attached hydrogens (tertiary/aromatic N) is 3. The zero-order chi connectivity index (χ0) is 19.3. The number of nitrogens with one attached hydrogen (secondary N) is 1. The van der Waals surface area contributed by atoms with Gasteiger partial charge in [0.2, 0.25) is 5.95 Å². The van der Waals surface area contributed by atoms with Crippen LogP contribution in [0, 0.1) is 18.7 Å². The molecule has 3 atom stereocenters. The monoisotopic (exact) mass is 374 g/mol. The van der Waals surface area contributed by atoms with E-state index in [1.807, 2.05) is 12.1 Å². The molecular weight excluding hydrogens is 355 g/mol. The fourth-order valence-electron chi connectivity index (χ4n) is 4.40. The largest absolute Gasteiger partial charge is 0.328 e. The summed E-state index contributed by atoms with van der Waals surface area (Å²) in [6.45, 7) is 2.05. The van der Waals surface area contributed by atoms with Crippen LogP contribution in [0.3, 0.4) is 0 Å². The van der Waals surface area contributed by atoms with Crippen molar-refractivity contribution in [2.24, 2.45) is 5.92 Å². The van der Waals surface area contributed by atoms with Gasteiger partial charge in [-0.2, -0.15) is 10.1 Å². The number of carbonyl (C=O) groups is 1. The number of halogens is 1. The summed E-state index contributed by atoms with van der Waals surface area (Å²) in [7, 11) is 0. The number of aryl methyl sites for hydroxylation is 1. The van der Waals surface area contributed by atoms with Gasteiger partial charge in [0.05, 0.1) is 12.0 Å². The summed E-state index contributed by atoms with van der Waals surface area (Å²) in [4.78, 5) is 17.5. The van der Waals surface area contributed by atoms with E-state index in [4.69, 9.17) is 0 Å². The average Bonchev–Trinajstić information content (AvgIpc) is 3.15. The highest BCUT2D eigenvalue weighted by Gasteiger charge is 2.44. The zero-order valence-corrected chi connectivity index (χ0v) is 15.3. The van der Waals surface area contributed by atoms with Crippen molar-refractivity contribution in [3.8, 4) is 0 Å². The molecule has 0 spiro atoms. The van der Waals surface area contributed by atoms with Gasteiger partial charge in [-0.15, -0.1) is 0 Å². The fourth-order valence-corrected chi connectivity index (χ4v) is 4.40. The molecule has 0 saturated carbocycles. The van der Waals surface area contributed by atoms with E-state index in [0.29, 0.717) is 17.9 Å². The highest BCUT2D eigenvalue weighted by atomic mass is 19.1. The van der Waals surface area contributed by atoms with Gasteiger partial charge in [0.25, 0.3) is 0 Å². The Morgan fingerprint density at radius 3 is 2.64 bits per heavy atom. The van der Waals surface area contributed by atoms with Crippen LogP contribution in [0.25, 0.3) is 0 Å². The number of anilines is 1. The molecule has 0 unspecified atom stereocenters. The van der Waals surface area contributed by atoms with Crippen molar-refractivity contribution in [1.82, 2.24) is 14.8 Å². The van der Waals surface area contributed by atoms with Crippen LogP contribution >= 0.6 is 0 Å². The molecule has 6 heteroatoms. The Morgan fingerprint density at radius 2 is 1.86 bits per heavy atom. The van der Waals surface area contributed by atoms with Gasteiger partial charge in [0.15, 0.2) is 0 Å². The van der Waals surface area contributed by atoms with E-state index in [-0.39, 0.29) is 17.5 Å². The van der Waals surface area contributed by atoms with Crippen LogP contribution in [0.2, 0.25) is 0 Å². The summed E-state index contributed by atoms with van der Waals surface area (Å²) in [5.41, 5.74) is 3.52. The molecule has 1 aliphatic heterocycles. The Hall–Kier alpha value is -3.28. The Bertz CT molecular complexity index is 1100. The number of ketones is 1. The van der Waals surface area contributed by atoms with E-state index in [9.17, 15) is 9.18 Å². The summed E-state index contributed by atoms with van der Waals surface area (Å²) < 4.78 is 16.3. The third-order valence-corrected chi connectivity index (χ3v) is 5.70. The highest BCUT2D eigenvalue weighted by molar-refractivity contribution is 5.88. The molecule has 140 valence electrons. The second-order valence-electron chi connectivity index (χ2n) is 7.35. The summed E-state index contributed by atoms with van der Waals surface area (Å²) in [6, 6.07) is 14.1. The molecule has 0 radical (unpaired) electrons. The molecule has 3 aromatic rings. The summed E-state index contributed by atoms with van der Waals surface area (Å²) in [5, 5.41) is 7.52. The molecule has 1 aromatic heterocycles. The van der Waals surface area contributed by atoms with Gasteiger partial charge in [-0.1, -0.05) is 48.5 Å². The highest BCUT2D eigenvalue weighted by Crippen LogP contribution is 2.44. The van der Waals surface area contributed by atoms with Crippen molar-refractivity contribution < 1.29 is 9.18 Å². The molecule has 1 aliphatic carbocycles. The van der Waals surface area contributed by atoms with E-state index >= 15 is 0 Å². The molecule has 0 saturated heterocycles. The molecule has 2 aliphatic rings. The fraction of sp³-hybridized carbons (Fsp3) is 0.227. The topological polar surface area (TPSA) is 59.8 Å². The van der Waals surface area contributed by atoms with Gasteiger partial charge in [-0.25, -0.2) is 9.07 Å². The lowest BCUT2D eigenvalue weighted by Crippen LogP contribution is -2.40. The molecule has 0 bridgehead atoms. The molecular formula is C22H19FN4O. The van der Waals surface area contributed by atoms with Crippen molar-refractivity contribution in [1.29, 1.82) is 0 Å². The first-order chi connectivity index (χ1) is 13.6. The van der Waals surface area contributed by atoms with E-state index in [1.54, 1.807) is 22.9 Å². The van der Waals surface area contributed by atoms with Gasteiger partial charge in [0, 0.05) is 23.6 Å². The smallest absolute Gasteiger partial charge is 0.226 e. The molecule has 5 rings (SSSR count). The van der Waals surface area contributed by atoms with Gasteiger partial charge < -0.3 is 5.32 Å². The quantitative estimate of drug-likeness (QED) is 0.737. The molecule has 5 nitrogen and oxygen atoms in total. The first kappa shape index (κ1) is 16.9. The van der Waals surface area contributed by atoms with Crippen LogP contribution in [0.15, 0.2) is 66.6 Å². The van der Waals surface area contributed by atoms with Crippen LogP contribution in [-0.2, 0) is 4.79 Å². The number of carbonyl (C=O) groups excluding carboxylic acids is 1. The number of hydrogen-bond donors (Lipinski definition) is 1. The number of Topliss-reactive ketones (excluding diaryl/α,β-unsaturated/α-hetero) is 1. The molecule has 0 fully saturated rings. The van der Waals surface area contributed by atoms with Crippen molar-refractivity contribution in [2.75, 3.05) is 5.32 Å². The molecule has 28 heavy (non-hydrogen) atoms. The predicted molar refractivity (Wildman–Crippen MR) is 103 cm³/mol. The second kappa shape index (κ2) is 6.41. The van der Waals surface area contributed by atoms with Crippen molar-refractivity contribution in [3.63, 3.8) is 0 Å². The Labute approximate surface area is 161 Å². The minimum Gasteiger partial charge on any atom is -0.328 e. The lowest BCUT2D eigenvalue weighted by Gasteiger charge is -2.38. The predicted octanol–water partition coefficient (Wildman–Crippen LogP) is 4.00. The maximum atomic E-state index is 14.6. The average molecular weight is 374 g/mol. The molecule has 0 amide bonds. The lowest BCUT2D eigenvalue weighted by atomic mass is 9.75. The zero-order valence-electron chi connectivity index (χ0n) is 15.3. The summed E-state index contributed by atoms with van der Waals surface area (Å²) in [6.07, 6.45) is 3.91. The molecule has 2 aromatic carbocycles. The van der Waals surface area contributed by atoms with Gasteiger partial charge in [0.1, 0.15) is 17.9 Å². The molecule has 2 heterocycles. The normalized spacial score (nSPS) is 23.4. The van der Waals surface area contributed by atoms with E-state index in [1.165, 1.54) is 12.4 Å². The number of allylic oxidation sites excluding steroid dienone is 2. The Kier molecular flexibility index (Phi) is 3.86. The molecule has 1 N–H and O–H groups in total. The van der Waals surface area contributed by atoms with Crippen molar-refractivity contribution >= 4 is 11.7 Å². The third-order valence-electron chi connectivity index (χ3n) is 5.70. The number of rotatable bonds is 2. The lowest BCUT2D eigenvalue weighted by molar-refractivity contribution is -0.123. The van der Waals surface area contributed by atoms with Gasteiger partial charge >= 0.3 is 0 Å². The van der Waals surface area contributed by atoms with Crippen LogP contribution in [0.5, 0.6) is 0 Å². The first-order valence-electron chi connectivity index (χ1n) is 9.34. The number of aromatic nitrogens is 3. The first-order valence-corrected chi connectivity index (χ1v) is 9.34. The summed E-state index contributed by atoms with van der Waals surface area (Å²) >= 11 is 0. The van der Waals surface area contributed by atoms with E-state index < -0.39 is 12.0 Å². The maximum absolute atomic E-state index is 14.6. The Morgan fingerprint density at radius 1 is 1.11 bits per heavy atom. The Balaban J connectivity index is 1.65. The van der Waals surface area contributed by atoms with Gasteiger partial charge in [-0.3, -0.25) is 4.79 Å². The van der Waals surface area contributed by atoms with Crippen LogP contribution < -0.4 is 5.32 Å².